The van der Waals surface area contributed by atoms with Crippen LogP contribution in [0.3, 0.4) is 0 Å². The summed E-state index contributed by atoms with van der Waals surface area (Å²) in [4.78, 5) is 38.7. The Hall–Kier alpha value is -3.48. The molecule has 3 rings (SSSR count). The fourth-order valence-electron chi connectivity index (χ4n) is 3.52. The van der Waals surface area contributed by atoms with Crippen molar-refractivity contribution in [1.29, 1.82) is 0 Å². The van der Waals surface area contributed by atoms with Gasteiger partial charge >= 0.3 is 12.0 Å². The van der Waals surface area contributed by atoms with E-state index in [1.165, 1.54) is 29.3 Å². The van der Waals surface area contributed by atoms with Gasteiger partial charge in [0.15, 0.2) is 5.78 Å². The normalized spacial score (nSPS) is 16.1. The van der Waals surface area contributed by atoms with Crippen LogP contribution in [0.15, 0.2) is 54.7 Å². The number of anilines is 1. The lowest BCUT2D eigenvalue weighted by Gasteiger charge is -2.31. The summed E-state index contributed by atoms with van der Waals surface area (Å²) in [7, 11) is 0. The lowest BCUT2D eigenvalue weighted by atomic mass is 9.97. The van der Waals surface area contributed by atoms with Gasteiger partial charge in [0.2, 0.25) is 0 Å². The molecule has 1 unspecified atom stereocenters. The van der Waals surface area contributed by atoms with E-state index < -0.39 is 17.7 Å². The van der Waals surface area contributed by atoms with Crippen LogP contribution < -0.4 is 5.32 Å². The van der Waals surface area contributed by atoms with Crippen LogP contribution in [0.4, 0.5) is 14.9 Å². The highest BCUT2D eigenvalue weighted by Gasteiger charge is 2.29. The minimum atomic E-state index is -0.579. The van der Waals surface area contributed by atoms with Crippen molar-refractivity contribution in [2.45, 2.75) is 52.2 Å². The molecule has 2 aromatic rings. The quantitative estimate of drug-likeness (QED) is 0.676. The number of esters is 1. The minimum Gasteiger partial charge on any atom is -0.460 e. The minimum absolute atomic E-state index is 0.0864. The summed E-state index contributed by atoms with van der Waals surface area (Å²) in [6.07, 6.45) is 2.98. The number of urea groups is 1. The van der Waals surface area contributed by atoms with Crippen molar-refractivity contribution in [1.82, 2.24) is 4.90 Å². The molecule has 0 spiro atoms. The van der Waals surface area contributed by atoms with Crippen molar-refractivity contribution >= 4 is 23.5 Å². The Morgan fingerprint density at radius 3 is 2.50 bits per heavy atom. The number of benzene rings is 2. The van der Waals surface area contributed by atoms with E-state index in [0.29, 0.717) is 11.3 Å². The van der Waals surface area contributed by atoms with E-state index in [2.05, 4.69) is 5.32 Å². The lowest BCUT2D eigenvalue weighted by molar-refractivity contribution is -0.153. The summed E-state index contributed by atoms with van der Waals surface area (Å²) in [5.41, 5.74) is 2.14. The van der Waals surface area contributed by atoms with E-state index in [1.807, 2.05) is 33.8 Å². The molecular formula is C25H27FN2O4. The predicted octanol–water partition coefficient (Wildman–Crippen LogP) is 5.08. The van der Waals surface area contributed by atoms with Gasteiger partial charge in [-0.2, -0.15) is 0 Å². The number of halogens is 1. The number of carbonyl (C=O) groups excluding carboxylic acids is 3. The standard InChI is InChI=1S/C25H27FN2O4/c1-16-18(14-23(30)32-25(2,3)4)6-5-7-21(16)27-24(31)28-13-12-20(29)15-22(28)17-8-10-19(26)11-9-17/h5-13,22H,14-15H2,1-4H3,(H,27,31). The summed E-state index contributed by atoms with van der Waals surface area (Å²) >= 11 is 0. The largest absolute Gasteiger partial charge is 0.460 e. The SMILES string of the molecule is Cc1c(CC(=O)OC(C)(C)C)cccc1NC(=O)N1C=CC(=O)CC1c1ccc(F)cc1. The maximum atomic E-state index is 13.3. The zero-order valence-electron chi connectivity index (χ0n) is 18.6. The molecule has 2 amide bonds. The third kappa shape index (κ3) is 5.81. The maximum Gasteiger partial charge on any atom is 0.326 e. The highest BCUT2D eigenvalue weighted by atomic mass is 19.1. The molecule has 1 atom stereocenters. The van der Waals surface area contributed by atoms with Gasteiger partial charge in [-0.25, -0.2) is 9.18 Å². The smallest absolute Gasteiger partial charge is 0.326 e. The molecule has 32 heavy (non-hydrogen) atoms. The number of ketones is 1. The number of hydrogen-bond donors (Lipinski definition) is 1. The number of rotatable bonds is 4. The Labute approximate surface area is 187 Å². The topological polar surface area (TPSA) is 75.7 Å². The van der Waals surface area contributed by atoms with Crippen molar-refractivity contribution in [3.8, 4) is 0 Å². The second-order valence-electron chi connectivity index (χ2n) is 8.74. The van der Waals surface area contributed by atoms with E-state index in [9.17, 15) is 18.8 Å². The Bertz CT molecular complexity index is 1050. The van der Waals surface area contributed by atoms with Gasteiger partial charge in [0.25, 0.3) is 0 Å². The van der Waals surface area contributed by atoms with Crippen LogP contribution in [0.25, 0.3) is 0 Å². The number of hydrogen-bond acceptors (Lipinski definition) is 4. The highest BCUT2D eigenvalue weighted by Crippen LogP contribution is 2.30. The molecule has 0 saturated carbocycles. The van der Waals surface area contributed by atoms with Crippen LogP contribution in [0.1, 0.15) is 49.9 Å². The first-order valence-electron chi connectivity index (χ1n) is 10.4. The van der Waals surface area contributed by atoms with Crippen molar-refractivity contribution < 1.29 is 23.5 Å². The van der Waals surface area contributed by atoms with Gasteiger partial charge in [-0.3, -0.25) is 14.5 Å². The van der Waals surface area contributed by atoms with E-state index in [1.54, 1.807) is 24.3 Å². The summed E-state index contributed by atoms with van der Waals surface area (Å²) in [6, 6.07) is 10.1. The first-order chi connectivity index (χ1) is 15.0. The Morgan fingerprint density at radius 2 is 1.84 bits per heavy atom. The number of ether oxygens (including phenoxy) is 1. The van der Waals surface area contributed by atoms with Gasteiger partial charge in [-0.15, -0.1) is 0 Å². The molecule has 0 bridgehead atoms. The molecule has 7 heteroatoms. The number of amides is 2. The van der Waals surface area contributed by atoms with Crippen LogP contribution in [0, 0.1) is 12.7 Å². The van der Waals surface area contributed by atoms with Crippen LogP contribution >= 0.6 is 0 Å². The van der Waals surface area contributed by atoms with Gasteiger partial charge in [0, 0.05) is 18.3 Å². The number of allylic oxidation sites excluding steroid dienone is 1. The summed E-state index contributed by atoms with van der Waals surface area (Å²) in [5, 5.41) is 2.87. The Balaban J connectivity index is 1.79. The average molecular weight is 438 g/mol. The van der Waals surface area contributed by atoms with E-state index >= 15 is 0 Å². The van der Waals surface area contributed by atoms with Crippen LogP contribution in [0.5, 0.6) is 0 Å². The molecule has 0 saturated heterocycles. The highest BCUT2D eigenvalue weighted by molar-refractivity contribution is 5.96. The van der Waals surface area contributed by atoms with E-state index in [-0.39, 0.29) is 30.4 Å². The second-order valence-corrected chi connectivity index (χ2v) is 8.74. The van der Waals surface area contributed by atoms with Gasteiger partial charge in [-0.1, -0.05) is 24.3 Å². The lowest BCUT2D eigenvalue weighted by Crippen LogP contribution is -2.37. The molecule has 1 aliphatic heterocycles. The first kappa shape index (κ1) is 23.2. The number of nitrogens with zero attached hydrogens (tertiary/aromatic N) is 1. The van der Waals surface area contributed by atoms with Crippen molar-refractivity contribution in [3.63, 3.8) is 0 Å². The second kappa shape index (κ2) is 9.34. The molecular weight excluding hydrogens is 411 g/mol. The number of carbonyl (C=O) groups is 3. The van der Waals surface area contributed by atoms with E-state index in [0.717, 1.165) is 11.1 Å². The third-order valence-electron chi connectivity index (χ3n) is 5.08. The molecule has 0 aromatic heterocycles. The van der Waals surface area contributed by atoms with Crippen molar-refractivity contribution in [3.05, 3.63) is 77.2 Å². The van der Waals surface area contributed by atoms with E-state index in [4.69, 9.17) is 4.74 Å². The molecule has 168 valence electrons. The first-order valence-corrected chi connectivity index (χ1v) is 10.4. The molecule has 0 aliphatic carbocycles. The molecule has 0 radical (unpaired) electrons. The molecule has 0 fully saturated rings. The fraction of sp³-hybridized carbons (Fsp3) is 0.320. The summed E-state index contributed by atoms with van der Waals surface area (Å²) in [5.74, 6) is -0.850. The Kier molecular flexibility index (Phi) is 6.77. The zero-order valence-corrected chi connectivity index (χ0v) is 18.6. The maximum absolute atomic E-state index is 13.3. The number of nitrogens with one attached hydrogen (secondary N) is 1. The van der Waals surface area contributed by atoms with Crippen molar-refractivity contribution in [2.24, 2.45) is 0 Å². The van der Waals surface area contributed by atoms with Gasteiger partial charge in [0.1, 0.15) is 11.4 Å². The van der Waals surface area contributed by atoms with Gasteiger partial charge in [0.05, 0.1) is 12.5 Å². The van der Waals surface area contributed by atoms with Crippen molar-refractivity contribution in [2.75, 3.05) is 5.32 Å². The molecule has 1 N–H and O–H groups in total. The Morgan fingerprint density at radius 1 is 1.16 bits per heavy atom. The molecule has 1 heterocycles. The predicted molar refractivity (Wildman–Crippen MR) is 119 cm³/mol. The van der Waals surface area contributed by atoms with Crippen LogP contribution in [0.2, 0.25) is 0 Å². The molecule has 1 aliphatic rings. The summed E-state index contributed by atoms with van der Waals surface area (Å²) in [6.45, 7) is 7.25. The van der Waals surface area contributed by atoms with Gasteiger partial charge in [-0.05, 0) is 68.7 Å². The fourth-order valence-corrected chi connectivity index (χ4v) is 3.52. The third-order valence-corrected chi connectivity index (χ3v) is 5.08. The molecule has 2 aromatic carbocycles. The van der Waals surface area contributed by atoms with Crippen LogP contribution in [-0.4, -0.2) is 28.3 Å². The zero-order chi connectivity index (χ0) is 23.5. The summed E-state index contributed by atoms with van der Waals surface area (Å²) < 4.78 is 18.7. The average Bonchev–Trinajstić information content (AvgIpc) is 2.70. The monoisotopic (exact) mass is 438 g/mol. The molecule has 6 nitrogen and oxygen atoms in total. The van der Waals surface area contributed by atoms with Crippen LogP contribution in [-0.2, 0) is 20.7 Å². The van der Waals surface area contributed by atoms with Gasteiger partial charge < -0.3 is 10.1 Å².